The summed E-state index contributed by atoms with van der Waals surface area (Å²) in [5.74, 6) is 0.0734. The minimum Gasteiger partial charge on any atom is -0.469 e. The van der Waals surface area contributed by atoms with E-state index >= 15 is 0 Å². The zero-order valence-electron chi connectivity index (χ0n) is 13.8. The van der Waals surface area contributed by atoms with Crippen LogP contribution in [0.15, 0.2) is 42.5 Å². The minimum absolute atomic E-state index is 0.150. The topological polar surface area (TPSA) is 26.3 Å². The first-order valence-corrected chi connectivity index (χ1v) is 7.72. The van der Waals surface area contributed by atoms with Crippen molar-refractivity contribution in [3.8, 4) is 0 Å². The van der Waals surface area contributed by atoms with Crippen LogP contribution in [-0.2, 0) is 9.53 Å². The van der Waals surface area contributed by atoms with Gasteiger partial charge < -0.3 is 4.74 Å². The SMILES string of the molecule is COC(=O)CCC(c1ccccc1C)c1ccc(C)cc1C. The average molecular weight is 296 g/mol. The Hall–Kier alpha value is -2.09. The Labute approximate surface area is 133 Å². The second kappa shape index (κ2) is 7.26. The standard InChI is InChI=1S/C20H24O2/c1-14-9-10-18(16(3)13-14)19(11-12-20(21)22-4)17-8-6-5-7-15(17)2/h5-10,13,19H,11-12H2,1-4H3. The summed E-state index contributed by atoms with van der Waals surface area (Å²) >= 11 is 0. The molecule has 2 rings (SSSR count). The van der Waals surface area contributed by atoms with Gasteiger partial charge in [0.05, 0.1) is 7.11 Å². The largest absolute Gasteiger partial charge is 0.469 e. The van der Waals surface area contributed by atoms with Gasteiger partial charge in [-0.2, -0.15) is 0 Å². The second-order valence-electron chi connectivity index (χ2n) is 5.88. The maximum atomic E-state index is 11.6. The molecule has 0 amide bonds. The third-order valence-electron chi connectivity index (χ3n) is 4.23. The van der Waals surface area contributed by atoms with E-state index in [2.05, 4.69) is 63.2 Å². The van der Waals surface area contributed by atoms with Crippen molar-refractivity contribution in [1.29, 1.82) is 0 Å². The molecule has 0 fully saturated rings. The highest BCUT2D eigenvalue weighted by atomic mass is 16.5. The monoisotopic (exact) mass is 296 g/mol. The number of hydrogen-bond donors (Lipinski definition) is 0. The van der Waals surface area contributed by atoms with Crippen LogP contribution in [0.4, 0.5) is 0 Å². The van der Waals surface area contributed by atoms with Crippen molar-refractivity contribution in [2.75, 3.05) is 7.11 Å². The van der Waals surface area contributed by atoms with Gasteiger partial charge in [-0.15, -0.1) is 0 Å². The third-order valence-corrected chi connectivity index (χ3v) is 4.23. The first kappa shape index (κ1) is 16.3. The van der Waals surface area contributed by atoms with E-state index in [-0.39, 0.29) is 11.9 Å². The van der Waals surface area contributed by atoms with Crippen LogP contribution in [0.5, 0.6) is 0 Å². The molecule has 0 aliphatic heterocycles. The highest BCUT2D eigenvalue weighted by Gasteiger charge is 2.19. The Morgan fingerprint density at radius 1 is 1.00 bits per heavy atom. The van der Waals surface area contributed by atoms with Crippen molar-refractivity contribution in [3.05, 3.63) is 70.3 Å². The number of carbonyl (C=O) groups excluding carboxylic acids is 1. The van der Waals surface area contributed by atoms with Crippen LogP contribution in [0, 0.1) is 20.8 Å². The van der Waals surface area contributed by atoms with Gasteiger partial charge >= 0.3 is 5.97 Å². The summed E-state index contributed by atoms with van der Waals surface area (Å²) in [7, 11) is 1.45. The van der Waals surface area contributed by atoms with Crippen molar-refractivity contribution in [3.63, 3.8) is 0 Å². The smallest absolute Gasteiger partial charge is 0.305 e. The van der Waals surface area contributed by atoms with Crippen LogP contribution in [0.1, 0.15) is 46.6 Å². The van der Waals surface area contributed by atoms with Gasteiger partial charge in [0.25, 0.3) is 0 Å². The molecule has 1 unspecified atom stereocenters. The maximum absolute atomic E-state index is 11.6. The minimum atomic E-state index is -0.150. The molecule has 0 heterocycles. The van der Waals surface area contributed by atoms with Gasteiger partial charge in [-0.1, -0.05) is 48.0 Å². The summed E-state index contributed by atoms with van der Waals surface area (Å²) in [6, 6.07) is 15.0. The number of rotatable bonds is 5. The molecule has 2 nitrogen and oxygen atoms in total. The Balaban J connectivity index is 2.41. The van der Waals surface area contributed by atoms with E-state index in [0.29, 0.717) is 6.42 Å². The number of benzene rings is 2. The van der Waals surface area contributed by atoms with E-state index in [9.17, 15) is 4.79 Å². The molecule has 2 heteroatoms. The van der Waals surface area contributed by atoms with Gasteiger partial charge in [-0.3, -0.25) is 4.79 Å². The molecule has 0 bridgehead atoms. The van der Waals surface area contributed by atoms with Crippen LogP contribution in [-0.4, -0.2) is 13.1 Å². The van der Waals surface area contributed by atoms with Gasteiger partial charge in [0, 0.05) is 12.3 Å². The highest BCUT2D eigenvalue weighted by Crippen LogP contribution is 2.33. The first-order valence-electron chi connectivity index (χ1n) is 7.72. The van der Waals surface area contributed by atoms with Crippen LogP contribution >= 0.6 is 0 Å². The molecule has 0 spiro atoms. The quantitative estimate of drug-likeness (QED) is 0.748. The van der Waals surface area contributed by atoms with Crippen molar-refractivity contribution < 1.29 is 9.53 Å². The molecule has 2 aromatic rings. The van der Waals surface area contributed by atoms with Gasteiger partial charge in [0.1, 0.15) is 0 Å². The van der Waals surface area contributed by atoms with E-state index in [1.165, 1.54) is 34.9 Å². The zero-order chi connectivity index (χ0) is 16.1. The second-order valence-corrected chi connectivity index (χ2v) is 5.88. The molecular weight excluding hydrogens is 272 g/mol. The van der Waals surface area contributed by atoms with Gasteiger partial charge in [-0.05, 0) is 49.4 Å². The van der Waals surface area contributed by atoms with E-state index < -0.39 is 0 Å². The van der Waals surface area contributed by atoms with Crippen molar-refractivity contribution in [2.45, 2.75) is 39.5 Å². The molecule has 116 valence electrons. The van der Waals surface area contributed by atoms with Gasteiger partial charge in [-0.25, -0.2) is 0 Å². The lowest BCUT2D eigenvalue weighted by Crippen LogP contribution is -2.09. The molecule has 0 radical (unpaired) electrons. The lowest BCUT2D eigenvalue weighted by atomic mass is 9.83. The number of ether oxygens (including phenoxy) is 1. The van der Waals surface area contributed by atoms with Crippen molar-refractivity contribution in [1.82, 2.24) is 0 Å². The summed E-state index contributed by atoms with van der Waals surface area (Å²) < 4.78 is 4.81. The normalized spacial score (nSPS) is 12.0. The van der Waals surface area contributed by atoms with Crippen LogP contribution in [0.25, 0.3) is 0 Å². The summed E-state index contributed by atoms with van der Waals surface area (Å²) in [5.41, 5.74) is 6.38. The average Bonchev–Trinajstić information content (AvgIpc) is 2.50. The van der Waals surface area contributed by atoms with Crippen LogP contribution < -0.4 is 0 Å². The Kier molecular flexibility index (Phi) is 5.37. The summed E-state index contributed by atoms with van der Waals surface area (Å²) in [6.07, 6.45) is 1.20. The van der Waals surface area contributed by atoms with Crippen LogP contribution in [0.2, 0.25) is 0 Å². The van der Waals surface area contributed by atoms with Crippen LogP contribution in [0.3, 0.4) is 0 Å². The van der Waals surface area contributed by atoms with Gasteiger partial charge in [0.2, 0.25) is 0 Å². The summed E-state index contributed by atoms with van der Waals surface area (Å²) in [5, 5.41) is 0. The van der Waals surface area contributed by atoms with E-state index in [1.807, 2.05) is 0 Å². The number of aryl methyl sites for hydroxylation is 3. The summed E-state index contributed by atoms with van der Waals surface area (Å²) in [6.45, 7) is 6.38. The fourth-order valence-electron chi connectivity index (χ4n) is 3.04. The predicted molar refractivity (Wildman–Crippen MR) is 90.2 cm³/mol. The third kappa shape index (κ3) is 3.76. The Bertz CT molecular complexity index is 659. The first-order chi connectivity index (χ1) is 10.5. The molecular formula is C20H24O2. The maximum Gasteiger partial charge on any atom is 0.305 e. The zero-order valence-corrected chi connectivity index (χ0v) is 13.8. The summed E-state index contributed by atoms with van der Waals surface area (Å²) in [4.78, 5) is 11.6. The van der Waals surface area contributed by atoms with Crippen molar-refractivity contribution >= 4 is 5.97 Å². The molecule has 0 aliphatic carbocycles. The molecule has 0 aromatic heterocycles. The van der Waals surface area contributed by atoms with E-state index in [4.69, 9.17) is 4.74 Å². The molecule has 0 saturated heterocycles. The molecule has 0 aliphatic rings. The number of methoxy groups -OCH3 is 1. The van der Waals surface area contributed by atoms with Gasteiger partial charge in [0.15, 0.2) is 0 Å². The molecule has 1 atom stereocenters. The fraction of sp³-hybridized carbons (Fsp3) is 0.350. The van der Waals surface area contributed by atoms with Crippen molar-refractivity contribution in [2.24, 2.45) is 0 Å². The molecule has 0 N–H and O–H groups in total. The fourth-order valence-corrected chi connectivity index (χ4v) is 3.04. The number of esters is 1. The number of carbonyl (C=O) groups is 1. The lowest BCUT2D eigenvalue weighted by Gasteiger charge is -2.22. The predicted octanol–water partition coefficient (Wildman–Crippen LogP) is 4.70. The lowest BCUT2D eigenvalue weighted by molar-refractivity contribution is -0.140. The molecule has 2 aromatic carbocycles. The van der Waals surface area contributed by atoms with E-state index in [1.54, 1.807) is 0 Å². The molecule has 22 heavy (non-hydrogen) atoms. The highest BCUT2D eigenvalue weighted by molar-refractivity contribution is 5.69. The Morgan fingerprint density at radius 3 is 2.32 bits per heavy atom. The molecule has 0 saturated carbocycles. The van der Waals surface area contributed by atoms with E-state index in [0.717, 1.165) is 6.42 Å². The Morgan fingerprint density at radius 2 is 1.68 bits per heavy atom. The number of hydrogen-bond acceptors (Lipinski definition) is 2.